The summed E-state index contributed by atoms with van der Waals surface area (Å²) in [7, 11) is 3.18. The van der Waals surface area contributed by atoms with Gasteiger partial charge in [0.1, 0.15) is 11.4 Å². The summed E-state index contributed by atoms with van der Waals surface area (Å²) in [6.07, 6.45) is 3.41. The maximum atomic E-state index is 11.7. The number of esters is 1. The van der Waals surface area contributed by atoms with E-state index >= 15 is 0 Å². The number of methoxy groups -OCH3 is 1. The minimum Gasteiger partial charge on any atom is -0.465 e. The highest BCUT2D eigenvalue weighted by Crippen LogP contribution is 2.18. The third-order valence-corrected chi connectivity index (χ3v) is 2.88. The van der Waals surface area contributed by atoms with Crippen LogP contribution in [-0.4, -0.2) is 27.8 Å². The molecule has 0 fully saturated rings. The van der Waals surface area contributed by atoms with Crippen molar-refractivity contribution >= 4 is 17.5 Å². The first kappa shape index (κ1) is 13.9. The van der Waals surface area contributed by atoms with E-state index in [0.717, 1.165) is 11.3 Å². The fraction of sp³-hybridized carbons (Fsp3) is 0.308. The molecule has 7 heteroatoms. The SMILES string of the molecule is COC(=O)c1cc(N)cnc1NCc1cn(C)nc1C. The molecule has 0 saturated heterocycles. The van der Waals surface area contributed by atoms with Crippen LogP contribution in [0.5, 0.6) is 0 Å². The molecule has 20 heavy (non-hydrogen) atoms. The van der Waals surface area contributed by atoms with Crippen LogP contribution in [0.1, 0.15) is 21.6 Å². The van der Waals surface area contributed by atoms with Gasteiger partial charge in [-0.3, -0.25) is 4.68 Å². The van der Waals surface area contributed by atoms with Gasteiger partial charge in [-0.15, -0.1) is 0 Å². The molecule has 2 rings (SSSR count). The molecule has 0 unspecified atom stereocenters. The van der Waals surface area contributed by atoms with Crippen LogP contribution in [0.3, 0.4) is 0 Å². The van der Waals surface area contributed by atoms with Crippen molar-refractivity contribution in [3.05, 3.63) is 35.3 Å². The standard InChI is InChI=1S/C13H17N5O2/c1-8-9(7-18(2)17-8)5-15-12-11(13(19)20-3)4-10(14)6-16-12/h4,6-7H,5,14H2,1-3H3,(H,15,16). The molecule has 0 saturated carbocycles. The summed E-state index contributed by atoms with van der Waals surface area (Å²) in [6.45, 7) is 2.44. The van der Waals surface area contributed by atoms with Gasteiger partial charge in [-0.05, 0) is 13.0 Å². The molecular weight excluding hydrogens is 258 g/mol. The van der Waals surface area contributed by atoms with Crippen LogP contribution >= 0.6 is 0 Å². The zero-order chi connectivity index (χ0) is 14.7. The van der Waals surface area contributed by atoms with E-state index in [0.29, 0.717) is 23.6 Å². The van der Waals surface area contributed by atoms with Gasteiger partial charge in [-0.2, -0.15) is 5.10 Å². The summed E-state index contributed by atoms with van der Waals surface area (Å²) in [5.41, 5.74) is 8.32. The van der Waals surface area contributed by atoms with Crippen molar-refractivity contribution in [3.63, 3.8) is 0 Å². The van der Waals surface area contributed by atoms with Gasteiger partial charge in [0.2, 0.25) is 0 Å². The monoisotopic (exact) mass is 275 g/mol. The average Bonchev–Trinajstić information content (AvgIpc) is 2.74. The Labute approximate surface area is 116 Å². The summed E-state index contributed by atoms with van der Waals surface area (Å²) < 4.78 is 6.46. The zero-order valence-corrected chi connectivity index (χ0v) is 11.7. The highest BCUT2D eigenvalue weighted by molar-refractivity contribution is 5.95. The van der Waals surface area contributed by atoms with Crippen LogP contribution < -0.4 is 11.1 Å². The van der Waals surface area contributed by atoms with Crippen molar-refractivity contribution in [1.82, 2.24) is 14.8 Å². The van der Waals surface area contributed by atoms with Crippen LogP contribution in [0, 0.1) is 6.92 Å². The largest absolute Gasteiger partial charge is 0.465 e. The first-order valence-electron chi connectivity index (χ1n) is 6.08. The number of hydrogen-bond donors (Lipinski definition) is 2. The van der Waals surface area contributed by atoms with Gasteiger partial charge in [-0.25, -0.2) is 9.78 Å². The lowest BCUT2D eigenvalue weighted by Gasteiger charge is -2.09. The topological polar surface area (TPSA) is 95.1 Å². The molecule has 0 aromatic carbocycles. The number of aromatic nitrogens is 3. The predicted molar refractivity (Wildman–Crippen MR) is 75.3 cm³/mol. The molecule has 0 atom stereocenters. The molecule has 0 amide bonds. The van der Waals surface area contributed by atoms with Gasteiger partial charge in [0.25, 0.3) is 0 Å². The second kappa shape index (κ2) is 5.60. The first-order valence-corrected chi connectivity index (χ1v) is 6.08. The number of pyridine rings is 1. The maximum Gasteiger partial charge on any atom is 0.341 e. The first-order chi connectivity index (χ1) is 9.51. The summed E-state index contributed by atoms with van der Waals surface area (Å²) in [6, 6.07) is 1.54. The Balaban J connectivity index is 2.21. The summed E-state index contributed by atoms with van der Waals surface area (Å²) in [4.78, 5) is 15.8. The van der Waals surface area contributed by atoms with Gasteiger partial charge in [0.05, 0.1) is 24.7 Å². The van der Waals surface area contributed by atoms with Crippen LogP contribution in [0.4, 0.5) is 11.5 Å². The molecule has 2 aromatic rings. The number of hydrogen-bond acceptors (Lipinski definition) is 6. The molecule has 0 aliphatic heterocycles. The minimum absolute atomic E-state index is 0.314. The smallest absolute Gasteiger partial charge is 0.341 e. The van der Waals surface area contributed by atoms with E-state index in [1.807, 2.05) is 20.2 Å². The Morgan fingerprint density at radius 3 is 2.90 bits per heavy atom. The summed E-state index contributed by atoms with van der Waals surface area (Å²) >= 11 is 0. The van der Waals surface area contributed by atoms with Crippen molar-refractivity contribution in [2.75, 3.05) is 18.2 Å². The summed E-state index contributed by atoms with van der Waals surface area (Å²) in [5, 5.41) is 7.36. The molecule has 106 valence electrons. The quantitative estimate of drug-likeness (QED) is 0.811. The van der Waals surface area contributed by atoms with E-state index < -0.39 is 5.97 Å². The molecule has 7 nitrogen and oxygen atoms in total. The van der Waals surface area contributed by atoms with Gasteiger partial charge in [-0.1, -0.05) is 0 Å². The normalized spacial score (nSPS) is 10.3. The van der Waals surface area contributed by atoms with Crippen LogP contribution in [0.15, 0.2) is 18.5 Å². The summed E-state index contributed by atoms with van der Waals surface area (Å²) in [5.74, 6) is -0.0375. The van der Waals surface area contributed by atoms with Gasteiger partial charge in [0, 0.05) is 25.4 Å². The molecule has 0 radical (unpaired) electrons. The number of aryl methyl sites for hydroxylation is 2. The van der Waals surface area contributed by atoms with Crippen LogP contribution in [0.2, 0.25) is 0 Å². The van der Waals surface area contributed by atoms with E-state index in [1.165, 1.54) is 19.4 Å². The number of carbonyl (C=O) groups is 1. The fourth-order valence-corrected chi connectivity index (χ4v) is 1.89. The molecule has 2 heterocycles. The van der Waals surface area contributed by atoms with Crippen molar-refractivity contribution in [2.45, 2.75) is 13.5 Å². The second-order valence-electron chi connectivity index (χ2n) is 4.42. The Hall–Kier alpha value is -2.57. The lowest BCUT2D eigenvalue weighted by molar-refractivity contribution is 0.0601. The fourth-order valence-electron chi connectivity index (χ4n) is 1.89. The molecule has 0 bridgehead atoms. The lowest BCUT2D eigenvalue weighted by atomic mass is 10.2. The number of nitrogens with one attached hydrogen (secondary N) is 1. The van der Waals surface area contributed by atoms with Crippen molar-refractivity contribution in [1.29, 1.82) is 0 Å². The Morgan fingerprint density at radius 2 is 2.30 bits per heavy atom. The van der Waals surface area contributed by atoms with Gasteiger partial charge >= 0.3 is 5.97 Å². The van der Waals surface area contributed by atoms with E-state index in [9.17, 15) is 4.79 Å². The predicted octanol–water partition coefficient (Wildman–Crippen LogP) is 1.10. The number of nitrogens with two attached hydrogens (primary N) is 1. The van der Waals surface area contributed by atoms with Gasteiger partial charge in [0.15, 0.2) is 0 Å². The number of carbonyl (C=O) groups excluding carboxylic acids is 1. The minimum atomic E-state index is -0.477. The number of nitrogens with zero attached hydrogens (tertiary/aromatic N) is 3. The van der Waals surface area contributed by atoms with E-state index in [1.54, 1.807) is 4.68 Å². The molecule has 3 N–H and O–H groups in total. The Bertz CT molecular complexity index is 636. The van der Waals surface area contributed by atoms with Gasteiger partial charge < -0.3 is 15.8 Å². The van der Waals surface area contributed by atoms with Crippen molar-refractivity contribution in [3.8, 4) is 0 Å². The van der Waals surface area contributed by atoms with Crippen molar-refractivity contribution in [2.24, 2.45) is 7.05 Å². The molecule has 0 aliphatic carbocycles. The van der Waals surface area contributed by atoms with E-state index in [4.69, 9.17) is 10.5 Å². The Kier molecular flexibility index (Phi) is 3.88. The van der Waals surface area contributed by atoms with Crippen molar-refractivity contribution < 1.29 is 9.53 Å². The second-order valence-corrected chi connectivity index (χ2v) is 4.42. The lowest BCUT2D eigenvalue weighted by Crippen LogP contribution is -2.11. The van der Waals surface area contributed by atoms with E-state index in [-0.39, 0.29) is 0 Å². The number of rotatable bonds is 4. The third kappa shape index (κ3) is 2.87. The number of nitrogen functional groups attached to an aromatic ring is 1. The average molecular weight is 275 g/mol. The Morgan fingerprint density at radius 1 is 1.55 bits per heavy atom. The molecule has 0 aliphatic rings. The molecular formula is C13H17N5O2. The molecule has 2 aromatic heterocycles. The number of anilines is 2. The highest BCUT2D eigenvalue weighted by atomic mass is 16.5. The van der Waals surface area contributed by atoms with E-state index in [2.05, 4.69) is 15.4 Å². The number of ether oxygens (including phenoxy) is 1. The van der Waals surface area contributed by atoms with Crippen LogP contribution in [0.25, 0.3) is 0 Å². The highest BCUT2D eigenvalue weighted by Gasteiger charge is 2.14. The van der Waals surface area contributed by atoms with Crippen LogP contribution in [-0.2, 0) is 18.3 Å². The molecule has 0 spiro atoms. The zero-order valence-electron chi connectivity index (χ0n) is 11.7. The third-order valence-electron chi connectivity index (χ3n) is 2.88. The maximum absolute atomic E-state index is 11.7.